The molecule has 0 radical (unpaired) electrons. The average Bonchev–Trinajstić information content (AvgIpc) is 2.53. The highest BCUT2D eigenvalue weighted by Gasteiger charge is 2.18. The molecule has 0 saturated carbocycles. The molecule has 2 N–H and O–H groups in total. The highest BCUT2D eigenvalue weighted by atomic mass is 32.2. The monoisotopic (exact) mass is 350 g/mol. The number of hydrogen-bond acceptors (Lipinski definition) is 4. The smallest absolute Gasteiger partial charge is 0.221 e. The molecule has 2 unspecified atom stereocenters. The Kier molecular flexibility index (Phi) is 6.99. The van der Waals surface area contributed by atoms with Gasteiger partial charge in [0.25, 0.3) is 0 Å². The van der Waals surface area contributed by atoms with Crippen LogP contribution in [-0.4, -0.2) is 42.6 Å². The zero-order chi connectivity index (χ0) is 17.6. The second-order valence-electron chi connectivity index (χ2n) is 7.48. The number of amides is 1. The summed E-state index contributed by atoms with van der Waals surface area (Å²) in [6, 6.07) is 8.49. The molecule has 24 heavy (non-hydrogen) atoms. The molecule has 0 spiro atoms. The van der Waals surface area contributed by atoms with Crippen molar-refractivity contribution < 1.29 is 9.53 Å². The van der Waals surface area contributed by atoms with Crippen LogP contribution in [0.25, 0.3) is 0 Å². The molecule has 1 fully saturated rings. The van der Waals surface area contributed by atoms with Crippen LogP contribution in [-0.2, 0) is 10.2 Å². The van der Waals surface area contributed by atoms with Crippen molar-refractivity contribution in [2.75, 3.05) is 24.7 Å². The van der Waals surface area contributed by atoms with E-state index in [0.717, 1.165) is 23.8 Å². The summed E-state index contributed by atoms with van der Waals surface area (Å²) in [4.78, 5) is 12.1. The number of carbonyl (C=O) groups excluding carboxylic acids is 1. The zero-order valence-electron chi connectivity index (χ0n) is 15.2. The van der Waals surface area contributed by atoms with Crippen LogP contribution in [0.3, 0.4) is 0 Å². The Balaban J connectivity index is 1.72. The summed E-state index contributed by atoms with van der Waals surface area (Å²) in [5.74, 6) is 3.08. The lowest BCUT2D eigenvalue weighted by molar-refractivity contribution is -0.122. The number of benzene rings is 1. The van der Waals surface area contributed by atoms with E-state index in [1.165, 1.54) is 5.56 Å². The highest BCUT2D eigenvalue weighted by Crippen LogP contribution is 2.24. The molecule has 0 bridgehead atoms. The standard InChI is InChI=1S/C19H30N2O2S/c1-14(21-18(22)11-16-13-24-10-9-20-16)12-23-17-7-5-15(6-8-17)19(2,3)4/h5-8,14,16,20H,9-13H2,1-4H3,(H,21,22). The molecule has 1 aromatic rings. The number of nitrogens with one attached hydrogen (secondary N) is 2. The van der Waals surface area contributed by atoms with Gasteiger partial charge in [0.1, 0.15) is 12.4 Å². The summed E-state index contributed by atoms with van der Waals surface area (Å²) < 4.78 is 5.79. The van der Waals surface area contributed by atoms with Crippen molar-refractivity contribution in [3.05, 3.63) is 29.8 Å². The summed E-state index contributed by atoms with van der Waals surface area (Å²) in [7, 11) is 0. The molecule has 134 valence electrons. The Morgan fingerprint density at radius 3 is 2.67 bits per heavy atom. The van der Waals surface area contributed by atoms with Gasteiger partial charge in [-0.2, -0.15) is 11.8 Å². The minimum Gasteiger partial charge on any atom is -0.491 e. The summed E-state index contributed by atoms with van der Waals surface area (Å²) in [6.45, 7) is 10.0. The lowest BCUT2D eigenvalue weighted by Gasteiger charge is -2.23. The van der Waals surface area contributed by atoms with Gasteiger partial charge in [-0.1, -0.05) is 32.9 Å². The third-order valence-electron chi connectivity index (χ3n) is 4.06. The van der Waals surface area contributed by atoms with Crippen LogP contribution >= 0.6 is 11.8 Å². The van der Waals surface area contributed by atoms with E-state index in [2.05, 4.69) is 43.5 Å². The summed E-state index contributed by atoms with van der Waals surface area (Å²) >= 11 is 1.91. The van der Waals surface area contributed by atoms with Crippen molar-refractivity contribution in [2.24, 2.45) is 0 Å². The van der Waals surface area contributed by atoms with Gasteiger partial charge in [0.2, 0.25) is 5.91 Å². The van der Waals surface area contributed by atoms with Gasteiger partial charge in [-0.3, -0.25) is 4.79 Å². The van der Waals surface area contributed by atoms with Crippen LogP contribution in [0.4, 0.5) is 0 Å². The first kappa shape index (κ1) is 19.1. The van der Waals surface area contributed by atoms with Gasteiger partial charge in [-0.15, -0.1) is 0 Å². The van der Waals surface area contributed by atoms with E-state index in [9.17, 15) is 4.79 Å². The topological polar surface area (TPSA) is 50.4 Å². The first-order chi connectivity index (χ1) is 11.3. The summed E-state index contributed by atoms with van der Waals surface area (Å²) in [5, 5.41) is 6.41. The number of hydrogen-bond donors (Lipinski definition) is 2. The van der Waals surface area contributed by atoms with E-state index in [1.54, 1.807) is 0 Å². The maximum Gasteiger partial charge on any atom is 0.221 e. The lowest BCUT2D eigenvalue weighted by atomic mass is 9.87. The number of ether oxygens (including phenoxy) is 1. The quantitative estimate of drug-likeness (QED) is 0.828. The van der Waals surface area contributed by atoms with Crippen LogP contribution in [0.5, 0.6) is 5.75 Å². The van der Waals surface area contributed by atoms with Crippen LogP contribution in [0.15, 0.2) is 24.3 Å². The van der Waals surface area contributed by atoms with Crippen molar-refractivity contribution in [3.8, 4) is 5.75 Å². The third-order valence-corrected chi connectivity index (χ3v) is 5.19. The fourth-order valence-corrected chi connectivity index (χ4v) is 3.57. The molecule has 2 rings (SSSR count). The fourth-order valence-electron chi connectivity index (χ4n) is 2.62. The second-order valence-corrected chi connectivity index (χ2v) is 8.63. The molecule has 1 heterocycles. The zero-order valence-corrected chi connectivity index (χ0v) is 16.0. The van der Waals surface area contributed by atoms with Crippen molar-refractivity contribution >= 4 is 17.7 Å². The SMILES string of the molecule is CC(COc1ccc(C(C)(C)C)cc1)NC(=O)CC1CSCCN1. The second kappa shape index (κ2) is 8.77. The van der Waals surface area contributed by atoms with E-state index in [4.69, 9.17) is 4.74 Å². The van der Waals surface area contributed by atoms with E-state index >= 15 is 0 Å². The van der Waals surface area contributed by atoms with Gasteiger partial charge >= 0.3 is 0 Å². The fraction of sp³-hybridized carbons (Fsp3) is 0.632. The van der Waals surface area contributed by atoms with Crippen molar-refractivity contribution in [1.82, 2.24) is 10.6 Å². The molecule has 1 aliphatic heterocycles. The van der Waals surface area contributed by atoms with Gasteiger partial charge in [0, 0.05) is 30.5 Å². The van der Waals surface area contributed by atoms with E-state index in [0.29, 0.717) is 19.1 Å². The lowest BCUT2D eigenvalue weighted by Crippen LogP contribution is -2.44. The van der Waals surface area contributed by atoms with Gasteiger partial charge in [-0.25, -0.2) is 0 Å². The summed E-state index contributed by atoms with van der Waals surface area (Å²) in [5.41, 5.74) is 1.43. The molecule has 1 saturated heterocycles. The molecule has 2 atom stereocenters. The molecular formula is C19H30N2O2S. The Morgan fingerprint density at radius 2 is 2.08 bits per heavy atom. The first-order valence-electron chi connectivity index (χ1n) is 8.68. The third kappa shape index (κ3) is 6.36. The minimum atomic E-state index is -0.00367. The van der Waals surface area contributed by atoms with Gasteiger partial charge in [0.15, 0.2) is 0 Å². The average molecular weight is 351 g/mol. The maximum absolute atomic E-state index is 12.1. The molecular weight excluding hydrogens is 320 g/mol. The minimum absolute atomic E-state index is 0.00367. The van der Waals surface area contributed by atoms with Gasteiger partial charge < -0.3 is 15.4 Å². The normalized spacial score (nSPS) is 19.6. The Labute approximate surface area is 150 Å². The number of thioether (sulfide) groups is 1. The molecule has 1 aromatic carbocycles. The van der Waals surface area contributed by atoms with E-state index < -0.39 is 0 Å². The van der Waals surface area contributed by atoms with Crippen LogP contribution in [0, 0.1) is 0 Å². The van der Waals surface area contributed by atoms with Gasteiger partial charge in [-0.05, 0) is 30.0 Å². The summed E-state index contributed by atoms with van der Waals surface area (Å²) in [6.07, 6.45) is 0.539. The highest BCUT2D eigenvalue weighted by molar-refractivity contribution is 7.99. The molecule has 4 nitrogen and oxygen atoms in total. The van der Waals surface area contributed by atoms with Crippen LogP contribution < -0.4 is 15.4 Å². The molecule has 5 heteroatoms. The van der Waals surface area contributed by atoms with E-state index in [1.807, 2.05) is 30.8 Å². The van der Waals surface area contributed by atoms with Crippen molar-refractivity contribution in [1.29, 1.82) is 0 Å². The van der Waals surface area contributed by atoms with Crippen LogP contribution in [0.1, 0.15) is 39.7 Å². The number of carbonyl (C=O) groups is 1. The molecule has 0 aromatic heterocycles. The Morgan fingerprint density at radius 1 is 1.38 bits per heavy atom. The number of rotatable bonds is 6. The van der Waals surface area contributed by atoms with Crippen molar-refractivity contribution in [2.45, 2.75) is 51.6 Å². The Hall–Kier alpha value is -1.20. The Bertz CT molecular complexity index is 519. The van der Waals surface area contributed by atoms with Crippen LogP contribution in [0.2, 0.25) is 0 Å². The van der Waals surface area contributed by atoms with Crippen molar-refractivity contribution in [3.63, 3.8) is 0 Å². The van der Waals surface area contributed by atoms with Gasteiger partial charge in [0.05, 0.1) is 6.04 Å². The maximum atomic E-state index is 12.1. The predicted octanol–water partition coefficient (Wildman–Crippen LogP) is 2.96. The largest absolute Gasteiger partial charge is 0.491 e. The molecule has 0 aliphatic carbocycles. The molecule has 1 aliphatic rings. The molecule has 1 amide bonds. The van der Waals surface area contributed by atoms with E-state index in [-0.39, 0.29) is 17.4 Å². The first-order valence-corrected chi connectivity index (χ1v) is 9.84. The predicted molar refractivity (Wildman–Crippen MR) is 102 cm³/mol.